The van der Waals surface area contributed by atoms with Crippen molar-refractivity contribution in [1.29, 1.82) is 0 Å². The molecule has 2 aromatic carbocycles. The molecule has 7 heteroatoms. The highest BCUT2D eigenvalue weighted by Crippen LogP contribution is 2.30. The van der Waals surface area contributed by atoms with E-state index in [0.717, 1.165) is 20.2 Å². The fraction of sp³-hybridized carbons (Fsp3) is 0. The smallest absolute Gasteiger partial charge is 0.258 e. The summed E-state index contributed by atoms with van der Waals surface area (Å²) in [6.07, 6.45) is 0. The van der Waals surface area contributed by atoms with E-state index in [4.69, 9.17) is 0 Å². The van der Waals surface area contributed by atoms with Crippen LogP contribution in [0.5, 0.6) is 0 Å². The lowest BCUT2D eigenvalue weighted by atomic mass is 10.2. The van der Waals surface area contributed by atoms with Crippen LogP contribution in [0.4, 0.5) is 5.13 Å². The van der Waals surface area contributed by atoms with Gasteiger partial charge in [-0.1, -0.05) is 46.3 Å². The van der Waals surface area contributed by atoms with Gasteiger partial charge in [-0.2, -0.15) is 0 Å². The Morgan fingerprint density at radius 3 is 2.65 bits per heavy atom. The molecule has 0 unspecified atom stereocenters. The molecule has 0 saturated heterocycles. The van der Waals surface area contributed by atoms with Gasteiger partial charge in [0.15, 0.2) is 5.13 Å². The van der Waals surface area contributed by atoms with Gasteiger partial charge in [-0.05, 0) is 28.1 Å². The summed E-state index contributed by atoms with van der Waals surface area (Å²) in [5.74, 6) is -0.244. The number of amides is 1. The van der Waals surface area contributed by atoms with E-state index in [1.165, 1.54) is 11.3 Å². The standard InChI is InChI=1S/C16H10Br2N2OS2/c17-10-6-11(14(22)12(18)7-10)15(21)20-16-19-13(8-23-16)9-4-2-1-3-5-9/h1-8,22H,(H,19,20,21). The maximum Gasteiger partial charge on any atom is 0.258 e. The van der Waals surface area contributed by atoms with E-state index >= 15 is 0 Å². The van der Waals surface area contributed by atoms with Gasteiger partial charge in [0.2, 0.25) is 0 Å². The molecular formula is C16H10Br2N2OS2. The molecule has 0 spiro atoms. The van der Waals surface area contributed by atoms with Crippen molar-refractivity contribution in [3.8, 4) is 11.3 Å². The second-order valence-corrected chi connectivity index (χ2v) is 7.72. The first-order chi connectivity index (χ1) is 11.0. The number of carbonyl (C=O) groups is 1. The number of rotatable bonds is 3. The lowest BCUT2D eigenvalue weighted by molar-refractivity contribution is 0.102. The van der Waals surface area contributed by atoms with Crippen LogP contribution >= 0.6 is 55.8 Å². The van der Waals surface area contributed by atoms with Crippen molar-refractivity contribution in [3.05, 3.63) is 62.4 Å². The number of thiazole rings is 1. The summed E-state index contributed by atoms with van der Waals surface area (Å²) in [6, 6.07) is 13.4. The molecule has 0 saturated carbocycles. The third-order valence-electron chi connectivity index (χ3n) is 3.07. The molecule has 3 nitrogen and oxygen atoms in total. The Morgan fingerprint density at radius 1 is 1.17 bits per heavy atom. The van der Waals surface area contributed by atoms with Gasteiger partial charge >= 0.3 is 0 Å². The van der Waals surface area contributed by atoms with E-state index in [2.05, 4.69) is 54.8 Å². The van der Waals surface area contributed by atoms with Crippen LogP contribution in [0.15, 0.2) is 61.7 Å². The molecule has 1 heterocycles. The van der Waals surface area contributed by atoms with Gasteiger partial charge in [0.25, 0.3) is 5.91 Å². The Bertz CT molecular complexity index is 866. The minimum absolute atomic E-state index is 0.244. The van der Waals surface area contributed by atoms with Crippen LogP contribution in [0.1, 0.15) is 10.4 Å². The average Bonchev–Trinajstić information content (AvgIpc) is 3.00. The minimum Gasteiger partial charge on any atom is -0.298 e. The maximum absolute atomic E-state index is 12.5. The minimum atomic E-state index is -0.244. The molecule has 1 amide bonds. The van der Waals surface area contributed by atoms with Crippen molar-refractivity contribution in [2.75, 3.05) is 5.32 Å². The number of nitrogens with one attached hydrogen (secondary N) is 1. The molecule has 0 aliphatic rings. The van der Waals surface area contributed by atoms with Gasteiger partial charge in [0.05, 0.1) is 11.3 Å². The fourth-order valence-electron chi connectivity index (χ4n) is 1.98. The molecule has 23 heavy (non-hydrogen) atoms. The summed E-state index contributed by atoms with van der Waals surface area (Å²) in [7, 11) is 0. The van der Waals surface area contributed by atoms with Gasteiger partial charge in [-0.15, -0.1) is 24.0 Å². The van der Waals surface area contributed by atoms with Crippen LogP contribution in [0, 0.1) is 0 Å². The van der Waals surface area contributed by atoms with Gasteiger partial charge in [0, 0.05) is 24.8 Å². The van der Waals surface area contributed by atoms with Crippen LogP contribution in [-0.2, 0) is 0 Å². The Labute approximate surface area is 159 Å². The Balaban J connectivity index is 1.83. The predicted octanol–water partition coefficient (Wildman–Crippen LogP) is 5.88. The van der Waals surface area contributed by atoms with Crippen LogP contribution in [-0.4, -0.2) is 10.9 Å². The summed E-state index contributed by atoms with van der Waals surface area (Å²) in [5.41, 5.74) is 2.34. The molecular weight excluding hydrogens is 460 g/mol. The molecule has 3 aromatic rings. The number of aromatic nitrogens is 1. The van der Waals surface area contributed by atoms with Crippen molar-refractivity contribution in [2.24, 2.45) is 0 Å². The molecule has 0 aliphatic heterocycles. The Hall–Kier alpha value is -1.15. The number of benzene rings is 2. The van der Waals surface area contributed by atoms with E-state index in [1.807, 2.05) is 41.8 Å². The molecule has 1 aromatic heterocycles. The normalized spacial score (nSPS) is 10.6. The highest BCUT2D eigenvalue weighted by atomic mass is 79.9. The van der Waals surface area contributed by atoms with Crippen LogP contribution in [0.25, 0.3) is 11.3 Å². The summed E-state index contributed by atoms with van der Waals surface area (Å²) < 4.78 is 1.56. The van der Waals surface area contributed by atoms with Crippen LogP contribution in [0.3, 0.4) is 0 Å². The van der Waals surface area contributed by atoms with Gasteiger partial charge in [0.1, 0.15) is 0 Å². The predicted molar refractivity (Wildman–Crippen MR) is 105 cm³/mol. The van der Waals surface area contributed by atoms with Crippen LogP contribution in [0.2, 0.25) is 0 Å². The summed E-state index contributed by atoms with van der Waals surface area (Å²) in [4.78, 5) is 17.5. The van der Waals surface area contributed by atoms with Crippen molar-refractivity contribution < 1.29 is 4.79 Å². The van der Waals surface area contributed by atoms with Crippen LogP contribution < -0.4 is 5.32 Å². The summed E-state index contributed by atoms with van der Waals surface area (Å²) in [5, 5.41) is 5.29. The highest BCUT2D eigenvalue weighted by Gasteiger charge is 2.15. The zero-order valence-corrected chi connectivity index (χ0v) is 16.5. The van der Waals surface area contributed by atoms with E-state index in [9.17, 15) is 4.79 Å². The second kappa shape index (κ2) is 7.17. The molecule has 0 fully saturated rings. The monoisotopic (exact) mass is 468 g/mol. The maximum atomic E-state index is 12.5. The van der Waals surface area contributed by atoms with E-state index in [1.54, 1.807) is 6.07 Å². The fourth-order valence-corrected chi connectivity index (χ4v) is 4.15. The highest BCUT2D eigenvalue weighted by molar-refractivity contribution is 9.11. The van der Waals surface area contributed by atoms with Gasteiger partial charge < -0.3 is 0 Å². The molecule has 0 bridgehead atoms. The zero-order valence-electron chi connectivity index (χ0n) is 11.6. The number of nitrogens with zero attached hydrogens (tertiary/aromatic N) is 1. The number of anilines is 1. The van der Waals surface area contributed by atoms with E-state index < -0.39 is 0 Å². The molecule has 1 N–H and O–H groups in total. The lowest BCUT2D eigenvalue weighted by Gasteiger charge is -2.07. The zero-order chi connectivity index (χ0) is 16.4. The number of hydrogen-bond donors (Lipinski definition) is 2. The second-order valence-electron chi connectivity index (χ2n) is 4.64. The molecule has 0 aliphatic carbocycles. The average molecular weight is 470 g/mol. The first-order valence-corrected chi connectivity index (χ1v) is 9.46. The number of hydrogen-bond acceptors (Lipinski definition) is 4. The topological polar surface area (TPSA) is 42.0 Å². The Kier molecular flexibility index (Phi) is 5.21. The molecule has 0 radical (unpaired) electrons. The van der Waals surface area contributed by atoms with Crippen molar-refractivity contribution in [3.63, 3.8) is 0 Å². The lowest BCUT2D eigenvalue weighted by Crippen LogP contribution is -2.12. The van der Waals surface area contributed by atoms with Crippen molar-refractivity contribution >= 4 is 66.9 Å². The van der Waals surface area contributed by atoms with Gasteiger partial charge in [-0.3, -0.25) is 10.1 Å². The number of thiol groups is 1. The largest absolute Gasteiger partial charge is 0.298 e. The molecule has 0 atom stereocenters. The molecule has 3 rings (SSSR count). The Morgan fingerprint density at radius 2 is 1.91 bits per heavy atom. The quantitative estimate of drug-likeness (QED) is 0.470. The number of halogens is 2. The van der Waals surface area contributed by atoms with Crippen molar-refractivity contribution in [1.82, 2.24) is 4.98 Å². The molecule has 116 valence electrons. The first-order valence-electron chi connectivity index (χ1n) is 6.55. The third kappa shape index (κ3) is 3.85. The SMILES string of the molecule is O=C(Nc1nc(-c2ccccc2)cs1)c1cc(Br)cc(Br)c1S. The first kappa shape index (κ1) is 16.7. The number of carbonyl (C=O) groups excluding carboxylic acids is 1. The van der Waals surface area contributed by atoms with E-state index in [0.29, 0.717) is 15.6 Å². The van der Waals surface area contributed by atoms with E-state index in [-0.39, 0.29) is 5.91 Å². The summed E-state index contributed by atoms with van der Waals surface area (Å²) in [6.45, 7) is 0. The van der Waals surface area contributed by atoms with Crippen molar-refractivity contribution in [2.45, 2.75) is 4.90 Å². The summed E-state index contributed by atoms with van der Waals surface area (Å²) >= 11 is 12.5. The van der Waals surface area contributed by atoms with Gasteiger partial charge in [-0.25, -0.2) is 4.98 Å². The third-order valence-corrected chi connectivity index (χ3v) is 5.70.